The molecule has 2 aromatic carbocycles. The molecule has 0 aliphatic rings. The first-order valence-corrected chi connectivity index (χ1v) is 7.97. The topological polar surface area (TPSA) is 65.0 Å². The molecule has 0 heterocycles. The summed E-state index contributed by atoms with van der Waals surface area (Å²) < 4.78 is 16.0. The van der Waals surface area contributed by atoms with E-state index in [4.69, 9.17) is 25.8 Å². The van der Waals surface area contributed by atoms with Gasteiger partial charge in [-0.25, -0.2) is 4.79 Å². The predicted octanol–water partition coefficient (Wildman–Crippen LogP) is 4.38. The summed E-state index contributed by atoms with van der Waals surface area (Å²) in [5.74, 6) is 0.456. The van der Waals surface area contributed by atoms with Crippen LogP contribution in [0.25, 0.3) is 11.6 Å². The van der Waals surface area contributed by atoms with Crippen molar-refractivity contribution in [3.8, 4) is 17.2 Å². The smallest absolute Gasteiger partial charge is 0.336 e. The van der Waals surface area contributed by atoms with E-state index in [9.17, 15) is 9.90 Å². The number of aliphatic carboxylic acids is 1. The molecule has 132 valence electrons. The Labute approximate surface area is 151 Å². The Morgan fingerprint density at radius 3 is 2.36 bits per heavy atom. The van der Waals surface area contributed by atoms with Crippen LogP contribution in [0.4, 0.5) is 0 Å². The van der Waals surface area contributed by atoms with Gasteiger partial charge in [-0.1, -0.05) is 17.7 Å². The van der Waals surface area contributed by atoms with E-state index in [-0.39, 0.29) is 5.57 Å². The lowest BCUT2D eigenvalue weighted by Crippen LogP contribution is -2.02. The second kappa shape index (κ2) is 8.44. The summed E-state index contributed by atoms with van der Waals surface area (Å²) in [6.45, 7) is 2.32. The van der Waals surface area contributed by atoms with E-state index >= 15 is 0 Å². The highest BCUT2D eigenvalue weighted by atomic mass is 35.5. The average molecular weight is 363 g/mol. The fourth-order valence-corrected chi connectivity index (χ4v) is 2.53. The third-order valence-electron chi connectivity index (χ3n) is 3.50. The van der Waals surface area contributed by atoms with Crippen LogP contribution in [0.2, 0.25) is 5.02 Å². The van der Waals surface area contributed by atoms with Crippen molar-refractivity contribution in [1.29, 1.82) is 0 Å². The van der Waals surface area contributed by atoms with E-state index in [0.29, 0.717) is 40.0 Å². The van der Waals surface area contributed by atoms with Crippen molar-refractivity contribution in [2.75, 3.05) is 20.8 Å². The van der Waals surface area contributed by atoms with Gasteiger partial charge in [0.1, 0.15) is 5.75 Å². The molecule has 2 rings (SSSR count). The number of carboxylic acids is 1. The third kappa shape index (κ3) is 4.45. The molecule has 5 nitrogen and oxygen atoms in total. The van der Waals surface area contributed by atoms with Gasteiger partial charge >= 0.3 is 5.97 Å². The van der Waals surface area contributed by atoms with Crippen LogP contribution < -0.4 is 14.2 Å². The standard InChI is InChI=1S/C19H19ClO5/c1-4-25-16-8-6-14(20)9-13(16)10-15(19(21)22)12-5-7-17(23-2)18(11-12)24-3/h5-11H,4H2,1-3H3,(H,21,22)/b15-10-. The maximum Gasteiger partial charge on any atom is 0.336 e. The first-order chi connectivity index (χ1) is 12.0. The van der Waals surface area contributed by atoms with E-state index in [2.05, 4.69) is 0 Å². The van der Waals surface area contributed by atoms with Crippen LogP contribution >= 0.6 is 11.6 Å². The summed E-state index contributed by atoms with van der Waals surface area (Å²) >= 11 is 6.04. The Morgan fingerprint density at radius 2 is 1.76 bits per heavy atom. The molecule has 1 N–H and O–H groups in total. The number of hydrogen-bond donors (Lipinski definition) is 1. The molecule has 0 aliphatic heterocycles. The molecule has 0 fully saturated rings. The maximum absolute atomic E-state index is 11.8. The van der Waals surface area contributed by atoms with E-state index in [1.54, 1.807) is 36.4 Å². The molecule has 0 aliphatic carbocycles. The van der Waals surface area contributed by atoms with E-state index < -0.39 is 5.97 Å². The Morgan fingerprint density at radius 1 is 1.08 bits per heavy atom. The molecular weight excluding hydrogens is 344 g/mol. The van der Waals surface area contributed by atoms with Crippen LogP contribution in [0, 0.1) is 0 Å². The van der Waals surface area contributed by atoms with Crippen molar-refractivity contribution in [1.82, 2.24) is 0 Å². The van der Waals surface area contributed by atoms with Gasteiger partial charge in [0, 0.05) is 10.6 Å². The van der Waals surface area contributed by atoms with Gasteiger partial charge in [0.25, 0.3) is 0 Å². The second-order valence-electron chi connectivity index (χ2n) is 5.05. The molecule has 6 heteroatoms. The highest BCUT2D eigenvalue weighted by Gasteiger charge is 2.15. The van der Waals surface area contributed by atoms with Crippen LogP contribution in [-0.4, -0.2) is 31.9 Å². The zero-order chi connectivity index (χ0) is 18.4. The van der Waals surface area contributed by atoms with E-state index in [1.165, 1.54) is 20.3 Å². The Hall–Kier alpha value is -2.66. The molecule has 25 heavy (non-hydrogen) atoms. The number of methoxy groups -OCH3 is 2. The van der Waals surface area contributed by atoms with Gasteiger partial charge in [-0.15, -0.1) is 0 Å². The van der Waals surface area contributed by atoms with Crippen LogP contribution in [0.15, 0.2) is 36.4 Å². The molecule has 2 aromatic rings. The van der Waals surface area contributed by atoms with Crippen molar-refractivity contribution in [2.24, 2.45) is 0 Å². The van der Waals surface area contributed by atoms with Gasteiger partial charge in [-0.3, -0.25) is 0 Å². The molecular formula is C19H19ClO5. The number of hydrogen-bond acceptors (Lipinski definition) is 4. The van der Waals surface area contributed by atoms with Crippen molar-refractivity contribution < 1.29 is 24.1 Å². The minimum atomic E-state index is -1.07. The quantitative estimate of drug-likeness (QED) is 0.585. The van der Waals surface area contributed by atoms with Crippen molar-refractivity contribution >= 4 is 29.2 Å². The summed E-state index contributed by atoms with van der Waals surface area (Å²) in [6, 6.07) is 10.0. The summed E-state index contributed by atoms with van der Waals surface area (Å²) in [4.78, 5) is 11.8. The first-order valence-electron chi connectivity index (χ1n) is 7.59. The fraction of sp³-hybridized carbons (Fsp3) is 0.211. The molecule has 0 unspecified atom stereocenters. The molecule has 0 amide bonds. The largest absolute Gasteiger partial charge is 0.493 e. The van der Waals surface area contributed by atoms with Gasteiger partial charge < -0.3 is 19.3 Å². The van der Waals surface area contributed by atoms with Crippen LogP contribution in [0.3, 0.4) is 0 Å². The molecule has 0 spiro atoms. The highest BCUT2D eigenvalue weighted by molar-refractivity contribution is 6.31. The zero-order valence-corrected chi connectivity index (χ0v) is 15.0. The molecule has 0 aromatic heterocycles. The van der Waals surface area contributed by atoms with Gasteiger partial charge in [0.2, 0.25) is 0 Å². The van der Waals surface area contributed by atoms with Gasteiger partial charge in [0.05, 0.1) is 26.4 Å². The number of carbonyl (C=O) groups is 1. The average Bonchev–Trinajstić information content (AvgIpc) is 2.61. The number of ether oxygens (including phenoxy) is 3. The minimum Gasteiger partial charge on any atom is -0.493 e. The van der Waals surface area contributed by atoms with Crippen molar-refractivity contribution in [3.63, 3.8) is 0 Å². The van der Waals surface area contributed by atoms with Crippen LogP contribution in [0.5, 0.6) is 17.2 Å². The Kier molecular flexibility index (Phi) is 6.31. The lowest BCUT2D eigenvalue weighted by atomic mass is 10.0. The highest BCUT2D eigenvalue weighted by Crippen LogP contribution is 2.33. The first kappa shape index (κ1) is 18.7. The van der Waals surface area contributed by atoms with Gasteiger partial charge in [0.15, 0.2) is 11.5 Å². The molecule has 0 saturated carbocycles. The van der Waals surface area contributed by atoms with Crippen LogP contribution in [0.1, 0.15) is 18.1 Å². The summed E-state index contributed by atoms with van der Waals surface area (Å²) in [5.41, 5.74) is 1.15. The van der Waals surface area contributed by atoms with E-state index in [1.807, 2.05) is 6.92 Å². The number of carboxylic acid groups (broad SMARTS) is 1. The van der Waals surface area contributed by atoms with Crippen molar-refractivity contribution in [3.05, 3.63) is 52.5 Å². The maximum atomic E-state index is 11.8. The molecule has 0 atom stereocenters. The molecule has 0 radical (unpaired) electrons. The zero-order valence-electron chi connectivity index (χ0n) is 14.2. The fourth-order valence-electron chi connectivity index (χ4n) is 2.35. The van der Waals surface area contributed by atoms with Gasteiger partial charge in [-0.05, 0) is 48.9 Å². The molecule has 0 saturated heterocycles. The normalized spacial score (nSPS) is 11.1. The summed E-state index contributed by atoms with van der Waals surface area (Å²) in [6.07, 6.45) is 1.53. The second-order valence-corrected chi connectivity index (χ2v) is 5.48. The molecule has 0 bridgehead atoms. The Balaban J connectivity index is 2.57. The summed E-state index contributed by atoms with van der Waals surface area (Å²) in [7, 11) is 3.02. The Bertz CT molecular complexity index is 798. The van der Waals surface area contributed by atoms with Gasteiger partial charge in [-0.2, -0.15) is 0 Å². The third-order valence-corrected chi connectivity index (χ3v) is 3.73. The SMILES string of the molecule is CCOc1ccc(Cl)cc1/C=C(\C(=O)O)c1ccc(OC)c(OC)c1. The van der Waals surface area contributed by atoms with Crippen molar-refractivity contribution in [2.45, 2.75) is 6.92 Å². The van der Waals surface area contributed by atoms with Crippen LogP contribution in [-0.2, 0) is 4.79 Å². The number of rotatable bonds is 7. The van der Waals surface area contributed by atoms with E-state index in [0.717, 1.165) is 0 Å². The summed E-state index contributed by atoms with van der Waals surface area (Å²) in [5, 5.41) is 10.1. The number of benzene rings is 2. The monoisotopic (exact) mass is 362 g/mol. The lowest BCUT2D eigenvalue weighted by Gasteiger charge is -2.12. The lowest BCUT2D eigenvalue weighted by molar-refractivity contribution is -0.130. The predicted molar refractivity (Wildman–Crippen MR) is 97.7 cm³/mol. The minimum absolute atomic E-state index is 0.0872. The number of halogens is 1.